The molecule has 2 saturated heterocycles. The number of hydrogen-bond donors (Lipinski definition) is 0. The van der Waals surface area contributed by atoms with Crippen molar-refractivity contribution >= 4 is 32.4 Å². The quantitative estimate of drug-likeness (QED) is 0.682. The Bertz CT molecular complexity index is 863. The SMILES string of the molecule is CC1(C)OB(c2ccc(S(=O)(=O)N3CCS(=O)(=O)CC3)cc2)OC1(C)C. The Morgan fingerprint density at radius 1 is 0.962 bits per heavy atom. The molecule has 2 heterocycles. The van der Waals surface area contributed by atoms with Gasteiger partial charge in [-0.25, -0.2) is 16.8 Å². The fourth-order valence-corrected chi connectivity index (χ4v) is 5.74. The fraction of sp³-hybridized carbons (Fsp3) is 0.625. The van der Waals surface area contributed by atoms with E-state index in [1.165, 1.54) is 16.4 Å². The first kappa shape index (κ1) is 19.8. The van der Waals surface area contributed by atoms with E-state index in [0.29, 0.717) is 0 Å². The van der Waals surface area contributed by atoms with E-state index in [1.54, 1.807) is 12.1 Å². The van der Waals surface area contributed by atoms with Crippen LogP contribution in [0.15, 0.2) is 29.2 Å². The van der Waals surface area contributed by atoms with Gasteiger partial charge in [-0.2, -0.15) is 4.31 Å². The van der Waals surface area contributed by atoms with Crippen LogP contribution in [0.2, 0.25) is 0 Å². The number of benzene rings is 1. The predicted octanol–water partition coefficient (Wildman–Crippen LogP) is 0.405. The Labute approximate surface area is 155 Å². The second-order valence-electron chi connectivity index (χ2n) is 7.71. The van der Waals surface area contributed by atoms with Crippen LogP contribution in [0.3, 0.4) is 0 Å². The summed E-state index contributed by atoms with van der Waals surface area (Å²) in [5.41, 5.74) is -0.201. The molecule has 2 aliphatic rings. The van der Waals surface area contributed by atoms with Gasteiger partial charge in [-0.3, -0.25) is 0 Å². The average molecular weight is 401 g/mol. The summed E-state index contributed by atoms with van der Waals surface area (Å²) in [5.74, 6) is -0.281. The van der Waals surface area contributed by atoms with Crippen molar-refractivity contribution < 1.29 is 26.1 Å². The number of nitrogens with zero attached hydrogens (tertiary/aromatic N) is 1. The topological polar surface area (TPSA) is 90.0 Å². The van der Waals surface area contributed by atoms with Gasteiger partial charge >= 0.3 is 7.12 Å². The van der Waals surface area contributed by atoms with E-state index >= 15 is 0 Å². The molecule has 26 heavy (non-hydrogen) atoms. The predicted molar refractivity (Wildman–Crippen MR) is 99.6 cm³/mol. The lowest BCUT2D eigenvalue weighted by molar-refractivity contribution is 0.00578. The van der Waals surface area contributed by atoms with Gasteiger partial charge in [0, 0.05) is 13.1 Å². The first-order valence-electron chi connectivity index (χ1n) is 8.50. The summed E-state index contributed by atoms with van der Waals surface area (Å²) in [4.78, 5) is 0.136. The van der Waals surface area contributed by atoms with Crippen LogP contribution in [-0.2, 0) is 29.2 Å². The molecule has 0 N–H and O–H groups in total. The molecule has 0 unspecified atom stereocenters. The summed E-state index contributed by atoms with van der Waals surface area (Å²) in [6, 6.07) is 6.38. The second-order valence-corrected chi connectivity index (χ2v) is 12.0. The van der Waals surface area contributed by atoms with Gasteiger partial charge in [-0.15, -0.1) is 0 Å². The van der Waals surface area contributed by atoms with Crippen molar-refractivity contribution in [3.8, 4) is 0 Å². The highest BCUT2D eigenvalue weighted by molar-refractivity contribution is 7.92. The Morgan fingerprint density at radius 3 is 1.88 bits per heavy atom. The molecule has 1 aromatic carbocycles. The molecule has 0 aromatic heterocycles. The van der Waals surface area contributed by atoms with E-state index in [2.05, 4.69) is 0 Å². The lowest BCUT2D eigenvalue weighted by Gasteiger charge is -2.32. The van der Waals surface area contributed by atoms with Crippen LogP contribution in [0.1, 0.15) is 27.7 Å². The van der Waals surface area contributed by atoms with E-state index in [1.807, 2.05) is 27.7 Å². The van der Waals surface area contributed by atoms with Gasteiger partial charge in [-0.1, -0.05) is 12.1 Å². The molecular weight excluding hydrogens is 377 g/mol. The van der Waals surface area contributed by atoms with E-state index < -0.39 is 38.2 Å². The molecule has 0 bridgehead atoms. The van der Waals surface area contributed by atoms with Crippen LogP contribution in [0.4, 0.5) is 0 Å². The highest BCUT2D eigenvalue weighted by Crippen LogP contribution is 2.36. The number of sulfonamides is 1. The summed E-state index contributed by atoms with van der Waals surface area (Å²) in [5, 5.41) is 0. The third-order valence-corrected chi connectivity index (χ3v) is 8.87. The Hall–Kier alpha value is -0.935. The molecule has 0 amide bonds. The van der Waals surface area contributed by atoms with Crippen molar-refractivity contribution in [3.63, 3.8) is 0 Å². The highest BCUT2D eigenvalue weighted by atomic mass is 32.2. The number of rotatable bonds is 3. The van der Waals surface area contributed by atoms with Crippen LogP contribution in [0.5, 0.6) is 0 Å². The van der Waals surface area contributed by atoms with Gasteiger partial charge in [0.25, 0.3) is 0 Å². The molecule has 0 saturated carbocycles. The van der Waals surface area contributed by atoms with Gasteiger partial charge in [0.2, 0.25) is 10.0 Å². The maximum atomic E-state index is 12.7. The lowest BCUT2D eigenvalue weighted by atomic mass is 9.79. The largest absolute Gasteiger partial charge is 0.494 e. The lowest BCUT2D eigenvalue weighted by Crippen LogP contribution is -2.43. The highest BCUT2D eigenvalue weighted by Gasteiger charge is 2.51. The van der Waals surface area contributed by atoms with Crippen molar-refractivity contribution in [3.05, 3.63) is 24.3 Å². The maximum absolute atomic E-state index is 12.7. The molecule has 2 fully saturated rings. The van der Waals surface area contributed by atoms with Crippen molar-refractivity contribution in [1.82, 2.24) is 4.31 Å². The van der Waals surface area contributed by atoms with Gasteiger partial charge in [0.05, 0.1) is 27.6 Å². The van der Waals surface area contributed by atoms with E-state index in [4.69, 9.17) is 9.31 Å². The van der Waals surface area contributed by atoms with Gasteiger partial charge in [0.15, 0.2) is 9.84 Å². The monoisotopic (exact) mass is 401 g/mol. The van der Waals surface area contributed by atoms with Crippen molar-refractivity contribution in [2.75, 3.05) is 24.6 Å². The zero-order valence-corrected chi connectivity index (χ0v) is 17.1. The minimum Gasteiger partial charge on any atom is -0.399 e. The van der Waals surface area contributed by atoms with E-state index in [0.717, 1.165) is 5.46 Å². The van der Waals surface area contributed by atoms with Gasteiger partial charge in [0.1, 0.15) is 0 Å². The van der Waals surface area contributed by atoms with Gasteiger partial charge < -0.3 is 9.31 Å². The third-order valence-electron chi connectivity index (χ3n) is 5.35. The molecule has 7 nitrogen and oxygen atoms in total. The van der Waals surface area contributed by atoms with Crippen molar-refractivity contribution in [2.45, 2.75) is 43.8 Å². The van der Waals surface area contributed by atoms with E-state index in [-0.39, 0.29) is 29.5 Å². The Kier molecular flexibility index (Phi) is 4.80. The molecule has 0 radical (unpaired) electrons. The molecule has 0 spiro atoms. The van der Waals surface area contributed by atoms with Gasteiger partial charge in [-0.05, 0) is 45.3 Å². The molecule has 144 valence electrons. The Balaban J connectivity index is 1.78. The summed E-state index contributed by atoms with van der Waals surface area (Å²) in [6.07, 6.45) is 0. The van der Waals surface area contributed by atoms with Crippen molar-refractivity contribution in [2.24, 2.45) is 0 Å². The molecular formula is C16H24BNO6S2. The molecule has 3 rings (SSSR count). The Morgan fingerprint density at radius 2 is 1.42 bits per heavy atom. The van der Waals surface area contributed by atoms with Crippen LogP contribution in [-0.4, -0.2) is 64.1 Å². The summed E-state index contributed by atoms with van der Waals surface area (Å²) >= 11 is 0. The van der Waals surface area contributed by atoms with Crippen LogP contribution in [0.25, 0.3) is 0 Å². The van der Waals surface area contributed by atoms with Crippen molar-refractivity contribution in [1.29, 1.82) is 0 Å². The number of hydrogen-bond acceptors (Lipinski definition) is 6. The normalized spacial score (nSPS) is 25.3. The smallest absolute Gasteiger partial charge is 0.399 e. The third kappa shape index (κ3) is 3.57. The van der Waals surface area contributed by atoms with Crippen LogP contribution < -0.4 is 5.46 Å². The molecule has 10 heteroatoms. The zero-order chi connectivity index (χ0) is 19.4. The first-order valence-corrected chi connectivity index (χ1v) is 11.8. The first-order chi connectivity index (χ1) is 11.8. The molecule has 2 aliphatic heterocycles. The van der Waals surface area contributed by atoms with Crippen LogP contribution in [0, 0.1) is 0 Å². The minimum absolute atomic E-state index is 0.0103. The number of sulfone groups is 1. The molecule has 0 aliphatic carbocycles. The minimum atomic E-state index is -3.71. The molecule has 1 aromatic rings. The summed E-state index contributed by atoms with van der Waals surface area (Å²) in [7, 11) is -7.41. The second kappa shape index (κ2) is 6.30. The maximum Gasteiger partial charge on any atom is 0.494 e. The zero-order valence-electron chi connectivity index (χ0n) is 15.4. The summed E-state index contributed by atoms with van der Waals surface area (Å²) in [6.45, 7) is 7.80. The molecule has 0 atom stereocenters. The average Bonchev–Trinajstić information content (AvgIpc) is 2.75. The fourth-order valence-electron chi connectivity index (χ4n) is 2.86. The van der Waals surface area contributed by atoms with E-state index in [9.17, 15) is 16.8 Å². The standard InChI is InChI=1S/C16H24BNO6S2/c1-15(2)16(3,4)24-17(23-15)13-5-7-14(8-6-13)26(21,22)18-9-11-25(19,20)12-10-18/h5-8H,9-12H2,1-4H3. The summed E-state index contributed by atoms with van der Waals surface area (Å²) < 4.78 is 61.6. The van der Waals surface area contributed by atoms with Crippen LogP contribution >= 0.6 is 0 Å².